The second-order valence-electron chi connectivity index (χ2n) is 3.44. The van der Waals surface area contributed by atoms with Crippen LogP contribution in [0.3, 0.4) is 0 Å². The molecule has 7 heteroatoms. The van der Waals surface area contributed by atoms with Crippen molar-refractivity contribution in [3.63, 3.8) is 0 Å². The van der Waals surface area contributed by atoms with Crippen LogP contribution in [0.2, 0.25) is 0 Å². The van der Waals surface area contributed by atoms with Crippen LogP contribution < -0.4 is 10.2 Å². The fourth-order valence-electron chi connectivity index (χ4n) is 1.23. The van der Waals surface area contributed by atoms with E-state index in [1.165, 1.54) is 6.07 Å². The molecule has 0 heterocycles. The van der Waals surface area contributed by atoms with Gasteiger partial charge < -0.3 is 19.9 Å². The smallest absolute Gasteiger partial charge is 0.488 e. The molecule has 0 atom stereocenters. The number of hydrogen-bond acceptors (Lipinski definition) is 4. The molecule has 1 rings (SSSR count). The minimum absolute atomic E-state index is 0.0155. The van der Waals surface area contributed by atoms with Crippen molar-refractivity contribution in [2.24, 2.45) is 0 Å². The first-order chi connectivity index (χ1) is 7.99. The van der Waals surface area contributed by atoms with Crippen molar-refractivity contribution in [3.8, 4) is 5.75 Å². The van der Waals surface area contributed by atoms with Crippen molar-refractivity contribution in [3.05, 3.63) is 24.0 Å². The minimum Gasteiger partial charge on any atom is -0.493 e. The summed E-state index contributed by atoms with van der Waals surface area (Å²) < 4.78 is 18.1. The third-order valence-corrected chi connectivity index (χ3v) is 2.00. The number of carboxylic acid groups (broad SMARTS) is 1. The number of carboxylic acids is 1. The molecule has 0 saturated heterocycles. The molecule has 0 radical (unpaired) electrons. The molecular weight excluding hydrogens is 230 g/mol. The Kier molecular flexibility index (Phi) is 4.93. The summed E-state index contributed by atoms with van der Waals surface area (Å²) in [5, 5.41) is 26.1. The molecule has 0 aromatic heterocycles. The second-order valence-corrected chi connectivity index (χ2v) is 3.44. The van der Waals surface area contributed by atoms with Gasteiger partial charge in [0, 0.05) is 12.5 Å². The molecule has 17 heavy (non-hydrogen) atoms. The number of carbonyl (C=O) groups is 1. The van der Waals surface area contributed by atoms with Crippen molar-refractivity contribution in [2.75, 3.05) is 6.61 Å². The summed E-state index contributed by atoms with van der Waals surface area (Å²) in [6.07, 6.45) is 0.258. The Hall–Kier alpha value is -1.60. The molecule has 0 amide bonds. The predicted octanol–water partition coefficient (Wildman–Crippen LogP) is -0.251. The SMILES string of the molecule is O=C(O)CCCOc1cc(F)cc(B(O)O)c1. The molecule has 0 aliphatic heterocycles. The monoisotopic (exact) mass is 242 g/mol. The molecule has 3 N–H and O–H groups in total. The fraction of sp³-hybridized carbons (Fsp3) is 0.300. The third-order valence-electron chi connectivity index (χ3n) is 2.00. The van der Waals surface area contributed by atoms with E-state index in [9.17, 15) is 9.18 Å². The standard InChI is InChI=1S/C10H12BFO5/c12-8-4-7(11(15)16)5-9(6-8)17-3-1-2-10(13)14/h4-6,15-16H,1-3H2,(H,13,14). The van der Waals surface area contributed by atoms with Crippen molar-refractivity contribution < 1.29 is 29.1 Å². The van der Waals surface area contributed by atoms with Crippen LogP contribution in [0.1, 0.15) is 12.8 Å². The highest BCUT2D eigenvalue weighted by atomic mass is 19.1. The topological polar surface area (TPSA) is 87.0 Å². The zero-order valence-electron chi connectivity index (χ0n) is 8.97. The van der Waals surface area contributed by atoms with Gasteiger partial charge in [0.1, 0.15) is 11.6 Å². The maximum Gasteiger partial charge on any atom is 0.488 e. The highest BCUT2D eigenvalue weighted by Crippen LogP contribution is 2.11. The van der Waals surface area contributed by atoms with E-state index in [4.69, 9.17) is 19.9 Å². The molecule has 1 aromatic carbocycles. The first-order valence-electron chi connectivity index (χ1n) is 5.00. The first-order valence-corrected chi connectivity index (χ1v) is 5.00. The van der Waals surface area contributed by atoms with Crippen LogP contribution in [-0.4, -0.2) is 34.8 Å². The quantitative estimate of drug-likeness (QED) is 0.473. The number of halogens is 1. The number of benzene rings is 1. The van der Waals surface area contributed by atoms with E-state index >= 15 is 0 Å². The summed E-state index contributed by atoms with van der Waals surface area (Å²) in [6, 6.07) is 3.36. The van der Waals surface area contributed by atoms with E-state index in [1.807, 2.05) is 0 Å². The number of rotatable bonds is 6. The molecule has 92 valence electrons. The van der Waals surface area contributed by atoms with E-state index in [0.717, 1.165) is 12.1 Å². The van der Waals surface area contributed by atoms with E-state index in [1.54, 1.807) is 0 Å². The molecule has 0 fully saturated rings. The Labute approximate surface area is 97.6 Å². The average Bonchev–Trinajstić information content (AvgIpc) is 2.23. The zero-order valence-corrected chi connectivity index (χ0v) is 8.97. The van der Waals surface area contributed by atoms with Crippen LogP contribution in [-0.2, 0) is 4.79 Å². The fourth-order valence-corrected chi connectivity index (χ4v) is 1.23. The van der Waals surface area contributed by atoms with Gasteiger partial charge in [-0.3, -0.25) is 4.79 Å². The lowest BCUT2D eigenvalue weighted by Crippen LogP contribution is -2.30. The minimum atomic E-state index is -1.77. The maximum atomic E-state index is 13.0. The zero-order chi connectivity index (χ0) is 12.8. The molecule has 1 aromatic rings. The van der Waals surface area contributed by atoms with Gasteiger partial charge in [0.25, 0.3) is 0 Å². The van der Waals surface area contributed by atoms with Gasteiger partial charge in [-0.25, -0.2) is 4.39 Å². The van der Waals surface area contributed by atoms with Gasteiger partial charge in [0.15, 0.2) is 0 Å². The van der Waals surface area contributed by atoms with Crippen molar-refractivity contribution >= 4 is 18.6 Å². The van der Waals surface area contributed by atoms with E-state index in [0.29, 0.717) is 6.42 Å². The first kappa shape index (κ1) is 13.5. The Morgan fingerprint density at radius 1 is 1.35 bits per heavy atom. The molecule has 0 spiro atoms. The summed E-state index contributed by atoms with van der Waals surface area (Å²) in [7, 11) is -1.77. The molecular formula is C10H12BFO5. The van der Waals surface area contributed by atoms with E-state index in [-0.39, 0.29) is 24.2 Å². The van der Waals surface area contributed by atoms with E-state index < -0.39 is 18.9 Å². The summed E-state index contributed by atoms with van der Waals surface area (Å²) in [5.74, 6) is -1.44. The summed E-state index contributed by atoms with van der Waals surface area (Å²) >= 11 is 0. The van der Waals surface area contributed by atoms with Gasteiger partial charge in [-0.15, -0.1) is 0 Å². The maximum absolute atomic E-state index is 13.0. The molecule has 0 aliphatic rings. The largest absolute Gasteiger partial charge is 0.493 e. The second kappa shape index (κ2) is 6.22. The van der Waals surface area contributed by atoms with Gasteiger partial charge in [-0.2, -0.15) is 0 Å². The molecule has 0 saturated carbocycles. The van der Waals surface area contributed by atoms with Crippen LogP contribution >= 0.6 is 0 Å². The Morgan fingerprint density at radius 3 is 2.65 bits per heavy atom. The molecule has 0 unspecified atom stereocenters. The molecule has 5 nitrogen and oxygen atoms in total. The Bertz CT molecular complexity index is 396. The Morgan fingerprint density at radius 2 is 2.06 bits per heavy atom. The average molecular weight is 242 g/mol. The van der Waals surface area contributed by atoms with Gasteiger partial charge >= 0.3 is 13.1 Å². The van der Waals surface area contributed by atoms with Crippen LogP contribution in [0.5, 0.6) is 5.75 Å². The number of aliphatic carboxylic acids is 1. The lowest BCUT2D eigenvalue weighted by atomic mass is 9.80. The Balaban J connectivity index is 2.55. The van der Waals surface area contributed by atoms with Crippen LogP contribution in [0.25, 0.3) is 0 Å². The van der Waals surface area contributed by atoms with Gasteiger partial charge in [0.2, 0.25) is 0 Å². The van der Waals surface area contributed by atoms with Crippen molar-refractivity contribution in [1.29, 1.82) is 0 Å². The highest BCUT2D eigenvalue weighted by Gasteiger charge is 2.13. The predicted molar refractivity (Wildman–Crippen MR) is 58.6 cm³/mol. The number of ether oxygens (including phenoxy) is 1. The normalized spacial score (nSPS) is 10.1. The van der Waals surface area contributed by atoms with Gasteiger partial charge in [0.05, 0.1) is 6.61 Å². The lowest BCUT2D eigenvalue weighted by Gasteiger charge is -2.07. The van der Waals surface area contributed by atoms with Crippen LogP contribution in [0.15, 0.2) is 18.2 Å². The van der Waals surface area contributed by atoms with Crippen molar-refractivity contribution in [2.45, 2.75) is 12.8 Å². The van der Waals surface area contributed by atoms with Crippen LogP contribution in [0, 0.1) is 5.82 Å². The number of hydrogen-bond donors (Lipinski definition) is 3. The summed E-state index contributed by atoms with van der Waals surface area (Å²) in [5.41, 5.74) is -0.0155. The van der Waals surface area contributed by atoms with E-state index in [2.05, 4.69) is 0 Å². The van der Waals surface area contributed by atoms with Gasteiger partial charge in [-0.05, 0) is 24.0 Å². The van der Waals surface area contributed by atoms with Gasteiger partial charge in [-0.1, -0.05) is 0 Å². The van der Waals surface area contributed by atoms with Crippen molar-refractivity contribution in [1.82, 2.24) is 0 Å². The lowest BCUT2D eigenvalue weighted by molar-refractivity contribution is -0.137. The third kappa shape index (κ3) is 4.84. The summed E-state index contributed by atoms with van der Waals surface area (Å²) in [4.78, 5) is 10.2. The molecule has 0 aliphatic carbocycles. The summed E-state index contributed by atoms with van der Waals surface area (Å²) in [6.45, 7) is 0.122. The highest BCUT2D eigenvalue weighted by molar-refractivity contribution is 6.58. The van der Waals surface area contributed by atoms with Crippen LogP contribution in [0.4, 0.5) is 4.39 Å². The molecule has 0 bridgehead atoms.